The van der Waals surface area contributed by atoms with Gasteiger partial charge in [-0.25, -0.2) is 9.97 Å². The van der Waals surface area contributed by atoms with E-state index in [1.807, 2.05) is 20.8 Å². The Bertz CT molecular complexity index is 721. The molecule has 0 fully saturated rings. The highest BCUT2D eigenvalue weighted by Gasteiger charge is 2.30. The van der Waals surface area contributed by atoms with Gasteiger partial charge in [-0.3, -0.25) is 4.79 Å². The highest BCUT2D eigenvalue weighted by atomic mass is 19.4. The van der Waals surface area contributed by atoms with E-state index in [0.29, 0.717) is 5.82 Å². The Morgan fingerprint density at radius 1 is 1.08 bits per heavy atom. The second kappa shape index (κ2) is 6.46. The van der Waals surface area contributed by atoms with Crippen molar-refractivity contribution in [2.45, 2.75) is 32.5 Å². The predicted octanol–water partition coefficient (Wildman–Crippen LogP) is 3.96. The van der Waals surface area contributed by atoms with E-state index in [2.05, 4.69) is 20.6 Å². The molecule has 0 radical (unpaired) electrons. The number of hydrogen-bond donors (Lipinski definition) is 2. The molecule has 128 valence electrons. The van der Waals surface area contributed by atoms with Gasteiger partial charge < -0.3 is 10.6 Å². The number of carbonyl (C=O) groups is 1. The zero-order chi connectivity index (χ0) is 18.0. The van der Waals surface area contributed by atoms with Crippen LogP contribution in [0.1, 0.15) is 36.8 Å². The Morgan fingerprint density at radius 2 is 1.79 bits per heavy atom. The van der Waals surface area contributed by atoms with E-state index in [-0.39, 0.29) is 16.9 Å². The second-order valence-electron chi connectivity index (χ2n) is 6.19. The van der Waals surface area contributed by atoms with Crippen molar-refractivity contribution in [2.24, 2.45) is 0 Å². The van der Waals surface area contributed by atoms with Crippen molar-refractivity contribution >= 4 is 17.4 Å². The summed E-state index contributed by atoms with van der Waals surface area (Å²) in [5, 5.41) is 5.47. The third-order valence-corrected chi connectivity index (χ3v) is 2.84. The Hall–Kier alpha value is -2.64. The quantitative estimate of drug-likeness (QED) is 0.889. The zero-order valence-corrected chi connectivity index (χ0v) is 13.4. The number of aromatic nitrogens is 2. The largest absolute Gasteiger partial charge is 0.416 e. The summed E-state index contributed by atoms with van der Waals surface area (Å²) in [5.74, 6) is -0.137. The maximum Gasteiger partial charge on any atom is 0.416 e. The number of nitrogens with one attached hydrogen (secondary N) is 2. The first-order valence-corrected chi connectivity index (χ1v) is 7.13. The van der Waals surface area contributed by atoms with E-state index in [9.17, 15) is 18.0 Å². The molecule has 0 saturated heterocycles. The van der Waals surface area contributed by atoms with Crippen LogP contribution in [0, 0.1) is 0 Å². The molecule has 2 N–H and O–H groups in total. The number of benzene rings is 1. The van der Waals surface area contributed by atoms with Gasteiger partial charge in [0.25, 0.3) is 5.91 Å². The summed E-state index contributed by atoms with van der Waals surface area (Å²) >= 11 is 0. The number of amides is 1. The normalized spacial score (nSPS) is 11.9. The lowest BCUT2D eigenvalue weighted by atomic mass is 10.1. The van der Waals surface area contributed by atoms with Gasteiger partial charge in [0.1, 0.15) is 11.5 Å². The van der Waals surface area contributed by atoms with Crippen molar-refractivity contribution in [1.82, 2.24) is 9.97 Å². The Labute approximate surface area is 137 Å². The minimum atomic E-state index is -4.47. The maximum atomic E-state index is 12.7. The van der Waals surface area contributed by atoms with Gasteiger partial charge in [-0.2, -0.15) is 13.2 Å². The molecular weight excluding hydrogens is 321 g/mol. The molecule has 1 aromatic carbocycles. The van der Waals surface area contributed by atoms with E-state index in [1.54, 1.807) is 0 Å². The highest BCUT2D eigenvalue weighted by molar-refractivity contribution is 6.02. The fourth-order valence-corrected chi connectivity index (χ4v) is 1.86. The monoisotopic (exact) mass is 338 g/mol. The molecule has 0 spiro atoms. The van der Waals surface area contributed by atoms with Crippen molar-refractivity contribution in [3.63, 3.8) is 0 Å². The van der Waals surface area contributed by atoms with E-state index in [4.69, 9.17) is 0 Å². The average molecular weight is 338 g/mol. The van der Waals surface area contributed by atoms with Crippen LogP contribution in [0.2, 0.25) is 0 Å². The highest BCUT2D eigenvalue weighted by Crippen LogP contribution is 2.30. The Balaban J connectivity index is 2.10. The summed E-state index contributed by atoms with van der Waals surface area (Å²) in [6.07, 6.45) is -1.82. The summed E-state index contributed by atoms with van der Waals surface area (Å²) in [6.45, 7) is 5.84. The van der Waals surface area contributed by atoms with Crippen molar-refractivity contribution in [3.8, 4) is 0 Å². The van der Waals surface area contributed by atoms with Crippen LogP contribution in [-0.2, 0) is 6.18 Å². The van der Waals surface area contributed by atoms with Gasteiger partial charge in [0.15, 0.2) is 0 Å². The number of carbonyl (C=O) groups excluding carboxylic acids is 1. The van der Waals surface area contributed by atoms with Gasteiger partial charge in [-0.05, 0) is 39.0 Å². The van der Waals surface area contributed by atoms with Gasteiger partial charge in [-0.1, -0.05) is 6.07 Å². The number of nitrogens with zero attached hydrogens (tertiary/aromatic N) is 2. The van der Waals surface area contributed by atoms with Gasteiger partial charge in [0, 0.05) is 11.2 Å². The summed E-state index contributed by atoms with van der Waals surface area (Å²) < 4.78 is 38.0. The molecular formula is C16H17F3N4O. The molecule has 0 unspecified atom stereocenters. The van der Waals surface area contributed by atoms with Crippen molar-refractivity contribution in [1.29, 1.82) is 0 Å². The van der Waals surface area contributed by atoms with E-state index in [1.165, 1.54) is 24.5 Å². The van der Waals surface area contributed by atoms with Gasteiger partial charge >= 0.3 is 6.18 Å². The van der Waals surface area contributed by atoms with Gasteiger partial charge in [-0.15, -0.1) is 0 Å². The number of halogens is 3. The zero-order valence-electron chi connectivity index (χ0n) is 13.4. The number of rotatable bonds is 3. The molecule has 1 aromatic heterocycles. The van der Waals surface area contributed by atoms with Crippen molar-refractivity contribution in [2.75, 3.05) is 10.6 Å². The lowest BCUT2D eigenvalue weighted by molar-refractivity contribution is -0.137. The first-order chi connectivity index (χ1) is 11.0. The maximum absolute atomic E-state index is 12.7. The summed E-state index contributed by atoms with van der Waals surface area (Å²) in [7, 11) is 0. The Kier molecular flexibility index (Phi) is 4.77. The fraction of sp³-hybridized carbons (Fsp3) is 0.312. The van der Waals surface area contributed by atoms with Crippen LogP contribution in [0.5, 0.6) is 0 Å². The number of anilines is 2. The minimum absolute atomic E-state index is 0.00636. The third kappa shape index (κ3) is 4.94. The average Bonchev–Trinajstić information content (AvgIpc) is 2.45. The third-order valence-electron chi connectivity index (χ3n) is 2.84. The van der Waals surface area contributed by atoms with Crippen LogP contribution in [0.15, 0.2) is 36.7 Å². The Morgan fingerprint density at radius 3 is 2.33 bits per heavy atom. The van der Waals surface area contributed by atoms with Gasteiger partial charge in [0.2, 0.25) is 0 Å². The molecule has 1 heterocycles. The lowest BCUT2D eigenvalue weighted by Crippen LogP contribution is -2.27. The van der Waals surface area contributed by atoms with E-state index in [0.717, 1.165) is 12.1 Å². The summed E-state index contributed by atoms with van der Waals surface area (Å²) in [4.78, 5) is 20.1. The van der Waals surface area contributed by atoms with E-state index < -0.39 is 17.6 Å². The summed E-state index contributed by atoms with van der Waals surface area (Å²) in [6, 6.07) is 4.39. The van der Waals surface area contributed by atoms with Crippen LogP contribution in [0.3, 0.4) is 0 Å². The predicted molar refractivity (Wildman–Crippen MR) is 84.8 cm³/mol. The first kappa shape index (κ1) is 17.7. The second-order valence-corrected chi connectivity index (χ2v) is 6.19. The van der Waals surface area contributed by atoms with Gasteiger partial charge in [0.05, 0.1) is 18.0 Å². The fourth-order valence-electron chi connectivity index (χ4n) is 1.86. The number of hydrogen-bond acceptors (Lipinski definition) is 4. The van der Waals surface area contributed by atoms with Crippen molar-refractivity contribution in [3.05, 3.63) is 47.9 Å². The molecule has 2 rings (SSSR count). The lowest BCUT2D eigenvalue weighted by Gasteiger charge is -2.20. The minimum Gasteiger partial charge on any atom is -0.364 e. The topological polar surface area (TPSA) is 66.9 Å². The molecule has 5 nitrogen and oxygen atoms in total. The van der Waals surface area contributed by atoms with Crippen LogP contribution in [0.4, 0.5) is 24.7 Å². The molecule has 24 heavy (non-hydrogen) atoms. The molecule has 2 aromatic rings. The molecule has 0 aliphatic heterocycles. The smallest absolute Gasteiger partial charge is 0.364 e. The summed E-state index contributed by atoms with van der Waals surface area (Å²) in [5.41, 5.74) is -1.01. The van der Waals surface area contributed by atoms with Crippen molar-refractivity contribution < 1.29 is 18.0 Å². The van der Waals surface area contributed by atoms with E-state index >= 15 is 0 Å². The van der Waals surface area contributed by atoms with Crippen LogP contribution in [-0.4, -0.2) is 21.4 Å². The molecule has 1 amide bonds. The SMILES string of the molecule is CC(C)(C)Nc1cnc(C(=O)Nc2cccc(C(F)(F)F)c2)cn1. The molecule has 8 heteroatoms. The van der Waals surface area contributed by atoms with Crippen LogP contribution in [0.25, 0.3) is 0 Å². The number of alkyl halides is 3. The first-order valence-electron chi connectivity index (χ1n) is 7.13. The standard InChI is InChI=1S/C16H17F3N4O/c1-15(2,3)23-13-9-20-12(8-21-13)14(24)22-11-6-4-5-10(7-11)16(17,18)19/h4-9H,1-3H3,(H,21,23)(H,22,24). The molecule has 0 bridgehead atoms. The molecule has 0 aliphatic carbocycles. The molecule has 0 atom stereocenters. The van der Waals surface area contributed by atoms with Crippen LogP contribution < -0.4 is 10.6 Å². The van der Waals surface area contributed by atoms with Crippen LogP contribution >= 0.6 is 0 Å². The molecule has 0 saturated carbocycles. The molecule has 0 aliphatic rings.